The summed E-state index contributed by atoms with van der Waals surface area (Å²) < 4.78 is 16.3. The molecule has 0 fully saturated rings. The van der Waals surface area contributed by atoms with Gasteiger partial charge in [0.25, 0.3) is 0 Å². The van der Waals surface area contributed by atoms with Gasteiger partial charge in [0.15, 0.2) is 0 Å². The van der Waals surface area contributed by atoms with Crippen molar-refractivity contribution >= 4 is 16.7 Å². The van der Waals surface area contributed by atoms with Crippen molar-refractivity contribution in [3.05, 3.63) is 58.8 Å². The van der Waals surface area contributed by atoms with Crippen LogP contribution in [0.15, 0.2) is 47.3 Å². The Balaban J connectivity index is 2.39. The number of nitrogens with two attached hydrogens (primary N) is 1. The molecule has 0 saturated carbocycles. The fraction of sp³-hybridized carbons (Fsp3) is 0.0714. The molecule has 1 heterocycles. The Morgan fingerprint density at radius 1 is 1.11 bits per heavy atom. The van der Waals surface area contributed by atoms with Gasteiger partial charge in [-0.05, 0) is 30.3 Å². The molecule has 0 amide bonds. The van der Waals surface area contributed by atoms with Gasteiger partial charge in [0.1, 0.15) is 5.82 Å². The molecule has 0 aliphatic heterocycles. The number of aromatic nitrogens is 2. The number of benzene rings is 2. The number of halogens is 1. The minimum Gasteiger partial charge on any atom is -0.396 e. The zero-order chi connectivity index (χ0) is 13.6. The summed E-state index contributed by atoms with van der Waals surface area (Å²) in [5.41, 5.74) is 7.54. The lowest BCUT2D eigenvalue weighted by Crippen LogP contribution is -2.20. The summed E-state index contributed by atoms with van der Waals surface area (Å²) >= 11 is 0. The van der Waals surface area contributed by atoms with Gasteiger partial charge in [-0.2, -0.15) is 0 Å². The lowest BCUT2D eigenvalue weighted by molar-refractivity contribution is 0.632. The fourth-order valence-electron chi connectivity index (χ4n) is 2.21. The van der Waals surface area contributed by atoms with E-state index in [1.807, 2.05) is 24.3 Å². The van der Waals surface area contributed by atoms with E-state index in [-0.39, 0.29) is 11.4 Å². The summed E-state index contributed by atoms with van der Waals surface area (Å²) in [6.07, 6.45) is 0. The number of nitrogens with zero attached hydrogens (tertiary/aromatic N) is 2. The fourth-order valence-corrected chi connectivity index (χ4v) is 2.21. The molecule has 0 unspecified atom stereocenters. The Bertz CT molecular complexity index is 832. The average molecular weight is 257 g/mol. The smallest absolute Gasteiger partial charge is 0.333 e. The van der Waals surface area contributed by atoms with Crippen LogP contribution in [-0.2, 0) is 7.05 Å². The van der Waals surface area contributed by atoms with Gasteiger partial charge in [-0.15, -0.1) is 0 Å². The Kier molecular flexibility index (Phi) is 2.41. The van der Waals surface area contributed by atoms with Crippen molar-refractivity contribution in [2.24, 2.45) is 7.05 Å². The van der Waals surface area contributed by atoms with Gasteiger partial charge in [0.2, 0.25) is 0 Å². The van der Waals surface area contributed by atoms with Gasteiger partial charge in [-0.25, -0.2) is 9.18 Å². The molecule has 0 saturated heterocycles. The monoisotopic (exact) mass is 257 g/mol. The number of aryl methyl sites for hydroxylation is 1. The number of fused-ring (bicyclic) bond motifs is 1. The van der Waals surface area contributed by atoms with Gasteiger partial charge in [-0.1, -0.05) is 12.1 Å². The highest BCUT2D eigenvalue weighted by Gasteiger charge is 2.12. The van der Waals surface area contributed by atoms with Crippen LogP contribution in [0.5, 0.6) is 0 Å². The predicted molar refractivity (Wildman–Crippen MR) is 72.9 cm³/mol. The lowest BCUT2D eigenvalue weighted by atomic mass is 10.2. The van der Waals surface area contributed by atoms with E-state index in [0.717, 1.165) is 11.0 Å². The van der Waals surface area contributed by atoms with E-state index in [1.54, 1.807) is 17.7 Å². The Hall–Kier alpha value is -2.56. The van der Waals surface area contributed by atoms with Crippen molar-refractivity contribution in [1.82, 2.24) is 9.13 Å². The molecule has 0 spiro atoms. The standard InChI is InChI=1S/C14H12FN3O/c1-17-12-4-2-3-5-13(12)18(14(17)19)9-6-7-10(15)11(16)8-9/h2-8H,16H2,1H3. The molecule has 3 rings (SSSR count). The molecular weight excluding hydrogens is 245 g/mol. The molecule has 2 N–H and O–H groups in total. The highest BCUT2D eigenvalue weighted by Crippen LogP contribution is 2.20. The van der Waals surface area contributed by atoms with E-state index >= 15 is 0 Å². The molecule has 5 heteroatoms. The van der Waals surface area contributed by atoms with Crippen LogP contribution in [0, 0.1) is 5.82 Å². The van der Waals surface area contributed by atoms with Crippen molar-refractivity contribution in [2.75, 3.05) is 5.73 Å². The first-order chi connectivity index (χ1) is 9.09. The third-order valence-corrected chi connectivity index (χ3v) is 3.20. The maximum atomic E-state index is 13.2. The molecule has 0 radical (unpaired) electrons. The maximum absolute atomic E-state index is 13.2. The van der Waals surface area contributed by atoms with Gasteiger partial charge in [0.05, 0.1) is 22.4 Å². The topological polar surface area (TPSA) is 53.0 Å². The van der Waals surface area contributed by atoms with E-state index in [2.05, 4.69) is 0 Å². The summed E-state index contributed by atoms with van der Waals surface area (Å²) in [4.78, 5) is 12.3. The Morgan fingerprint density at radius 2 is 1.79 bits per heavy atom. The van der Waals surface area contributed by atoms with Crippen LogP contribution in [0.4, 0.5) is 10.1 Å². The minimum atomic E-state index is -0.489. The summed E-state index contributed by atoms with van der Waals surface area (Å²) in [7, 11) is 1.70. The zero-order valence-corrected chi connectivity index (χ0v) is 10.3. The molecule has 1 aromatic heterocycles. The van der Waals surface area contributed by atoms with E-state index in [4.69, 9.17) is 5.73 Å². The number of para-hydroxylation sites is 2. The molecule has 3 aromatic rings. The van der Waals surface area contributed by atoms with Crippen LogP contribution < -0.4 is 11.4 Å². The van der Waals surface area contributed by atoms with Crippen LogP contribution in [0.2, 0.25) is 0 Å². The first-order valence-corrected chi connectivity index (χ1v) is 5.81. The van der Waals surface area contributed by atoms with Crippen molar-refractivity contribution < 1.29 is 4.39 Å². The van der Waals surface area contributed by atoms with E-state index in [1.165, 1.54) is 16.7 Å². The predicted octanol–water partition coefficient (Wildman–Crippen LogP) is 2.05. The molecule has 2 aromatic carbocycles. The Labute approximate surface area is 108 Å². The molecule has 0 bridgehead atoms. The summed E-state index contributed by atoms with van der Waals surface area (Å²) in [6, 6.07) is 11.7. The zero-order valence-electron chi connectivity index (χ0n) is 10.3. The normalized spacial score (nSPS) is 11.1. The number of imidazole rings is 1. The average Bonchev–Trinajstić information content (AvgIpc) is 2.66. The number of rotatable bonds is 1. The quantitative estimate of drug-likeness (QED) is 0.678. The van der Waals surface area contributed by atoms with Gasteiger partial charge >= 0.3 is 5.69 Å². The lowest BCUT2D eigenvalue weighted by Gasteiger charge is -2.04. The maximum Gasteiger partial charge on any atom is 0.333 e. The van der Waals surface area contributed by atoms with Crippen LogP contribution in [0.1, 0.15) is 0 Å². The number of hydrogen-bond acceptors (Lipinski definition) is 2. The van der Waals surface area contributed by atoms with Crippen molar-refractivity contribution in [2.45, 2.75) is 0 Å². The second kappa shape index (κ2) is 3.98. The summed E-state index contributed by atoms with van der Waals surface area (Å²) in [5, 5.41) is 0. The molecule has 19 heavy (non-hydrogen) atoms. The minimum absolute atomic E-state index is 0.0253. The van der Waals surface area contributed by atoms with Crippen LogP contribution >= 0.6 is 0 Å². The third kappa shape index (κ3) is 1.62. The van der Waals surface area contributed by atoms with Gasteiger partial charge < -0.3 is 5.73 Å². The summed E-state index contributed by atoms with van der Waals surface area (Å²) in [5.74, 6) is -0.489. The molecule has 96 valence electrons. The SMILES string of the molecule is Cn1c(=O)n(-c2ccc(F)c(N)c2)c2ccccc21. The summed E-state index contributed by atoms with van der Waals surface area (Å²) in [6.45, 7) is 0. The number of hydrogen-bond donors (Lipinski definition) is 1. The van der Waals surface area contributed by atoms with E-state index in [9.17, 15) is 9.18 Å². The van der Waals surface area contributed by atoms with E-state index in [0.29, 0.717) is 5.69 Å². The highest BCUT2D eigenvalue weighted by molar-refractivity contribution is 5.78. The molecule has 0 aliphatic carbocycles. The van der Waals surface area contributed by atoms with Gasteiger partial charge in [-0.3, -0.25) is 9.13 Å². The van der Waals surface area contributed by atoms with Gasteiger partial charge in [0, 0.05) is 7.05 Å². The van der Waals surface area contributed by atoms with Crippen LogP contribution in [0.25, 0.3) is 16.7 Å². The number of anilines is 1. The second-order valence-electron chi connectivity index (χ2n) is 4.37. The molecule has 0 atom stereocenters. The second-order valence-corrected chi connectivity index (χ2v) is 4.37. The van der Waals surface area contributed by atoms with Crippen LogP contribution in [-0.4, -0.2) is 9.13 Å². The first-order valence-electron chi connectivity index (χ1n) is 5.81. The highest BCUT2D eigenvalue weighted by atomic mass is 19.1. The van der Waals surface area contributed by atoms with E-state index < -0.39 is 5.82 Å². The Morgan fingerprint density at radius 3 is 2.47 bits per heavy atom. The molecular formula is C14H12FN3O. The van der Waals surface area contributed by atoms with Crippen molar-refractivity contribution in [1.29, 1.82) is 0 Å². The van der Waals surface area contributed by atoms with Crippen molar-refractivity contribution in [3.63, 3.8) is 0 Å². The third-order valence-electron chi connectivity index (χ3n) is 3.20. The number of nitrogen functional groups attached to an aromatic ring is 1. The van der Waals surface area contributed by atoms with Crippen LogP contribution in [0.3, 0.4) is 0 Å². The largest absolute Gasteiger partial charge is 0.396 e. The van der Waals surface area contributed by atoms with Crippen molar-refractivity contribution in [3.8, 4) is 5.69 Å². The molecule has 0 aliphatic rings. The molecule has 4 nitrogen and oxygen atoms in total. The first kappa shape index (κ1) is 11.5.